The zero-order chi connectivity index (χ0) is 31.6. The van der Waals surface area contributed by atoms with Crippen molar-refractivity contribution < 1.29 is 36.2 Å². The van der Waals surface area contributed by atoms with Crippen molar-refractivity contribution >= 4 is 17.7 Å². The molecule has 0 aliphatic carbocycles. The number of hydrogen-bond acceptors (Lipinski definition) is 4. The monoisotopic (exact) mass is 627 g/mol. The molecule has 12 heteroatoms. The molecule has 3 aromatic carbocycles. The van der Waals surface area contributed by atoms with E-state index >= 15 is 0 Å². The minimum Gasteiger partial charge on any atom is -0.478 e. The minimum atomic E-state index is -4.98. The number of alkyl halides is 6. The summed E-state index contributed by atoms with van der Waals surface area (Å²) in [5.41, 5.74) is 1.33. The van der Waals surface area contributed by atoms with Gasteiger partial charge in [0, 0.05) is 16.2 Å². The molecule has 0 spiro atoms. The number of benzene rings is 3. The quantitative estimate of drug-likeness (QED) is 0.137. The van der Waals surface area contributed by atoms with Crippen LogP contribution in [0.4, 0.5) is 26.3 Å². The third-order valence-corrected chi connectivity index (χ3v) is 7.99. The van der Waals surface area contributed by atoms with Gasteiger partial charge in [0.05, 0.1) is 17.5 Å². The molecule has 0 saturated heterocycles. The zero-order valence-electron chi connectivity index (χ0n) is 22.9. The Labute approximate surface area is 252 Å². The van der Waals surface area contributed by atoms with Gasteiger partial charge < -0.3 is 5.11 Å². The van der Waals surface area contributed by atoms with Crippen LogP contribution < -0.4 is 0 Å². The molecule has 5 aromatic rings. The Hall–Kier alpha value is -4.58. The van der Waals surface area contributed by atoms with Crippen LogP contribution in [0.3, 0.4) is 0 Å². The van der Waals surface area contributed by atoms with E-state index in [4.69, 9.17) is 0 Å². The number of halogens is 6. The second-order valence-corrected chi connectivity index (χ2v) is 10.8. The average Bonchev–Trinajstić information content (AvgIpc) is 3.47. The third-order valence-electron chi connectivity index (χ3n) is 6.84. The predicted molar refractivity (Wildman–Crippen MR) is 155 cm³/mol. The number of rotatable bonds is 8. The molecule has 0 fully saturated rings. The average molecular weight is 628 g/mol. The minimum absolute atomic E-state index is 0.181. The number of pyridine rings is 1. The molecule has 44 heavy (non-hydrogen) atoms. The van der Waals surface area contributed by atoms with Gasteiger partial charge in [-0.3, -0.25) is 0 Å². The van der Waals surface area contributed by atoms with Crippen molar-refractivity contribution in [3.05, 3.63) is 119 Å². The molecule has 0 amide bonds. The number of carboxylic acid groups (broad SMARTS) is 1. The highest BCUT2D eigenvalue weighted by atomic mass is 32.2. The number of nitrogens with zero attached hydrogens (tertiary/aromatic N) is 3. The lowest BCUT2D eigenvalue weighted by molar-refractivity contribution is -0.143. The summed E-state index contributed by atoms with van der Waals surface area (Å²) >= 11 is 1.49. The Morgan fingerprint density at radius 3 is 2.07 bits per heavy atom. The molecule has 0 atom stereocenters. The molecule has 5 nitrogen and oxygen atoms in total. The molecule has 2 heterocycles. The zero-order valence-corrected chi connectivity index (χ0v) is 23.8. The molecule has 0 aliphatic heterocycles. The molecule has 0 radical (unpaired) electrons. The largest absolute Gasteiger partial charge is 0.478 e. The van der Waals surface area contributed by atoms with E-state index in [0.29, 0.717) is 39.9 Å². The fraction of sp³-hybridized carbons (Fsp3) is 0.156. The van der Waals surface area contributed by atoms with E-state index in [2.05, 4.69) is 10.1 Å². The van der Waals surface area contributed by atoms with Gasteiger partial charge in [0.25, 0.3) is 0 Å². The van der Waals surface area contributed by atoms with Gasteiger partial charge in [-0.1, -0.05) is 55.5 Å². The van der Waals surface area contributed by atoms with Gasteiger partial charge in [0.15, 0.2) is 11.5 Å². The number of hydrogen-bond donors (Lipinski definition) is 1. The Morgan fingerprint density at radius 2 is 1.48 bits per heavy atom. The maximum absolute atomic E-state index is 13.8. The van der Waals surface area contributed by atoms with Crippen LogP contribution in [0.15, 0.2) is 96.0 Å². The highest BCUT2D eigenvalue weighted by Gasteiger charge is 2.41. The number of aryl methyl sites for hydroxylation is 1. The van der Waals surface area contributed by atoms with Crippen LogP contribution in [-0.4, -0.2) is 25.8 Å². The fourth-order valence-corrected chi connectivity index (χ4v) is 5.57. The Bertz CT molecular complexity index is 1800. The molecular formula is C32H23F6N3O2S. The van der Waals surface area contributed by atoms with Crippen LogP contribution in [0, 0.1) is 0 Å². The smallest absolute Gasteiger partial charge is 0.434 e. The van der Waals surface area contributed by atoms with E-state index in [0.717, 1.165) is 33.7 Å². The lowest BCUT2D eigenvalue weighted by atomic mass is 10.0. The number of carboxylic acids is 1. The summed E-state index contributed by atoms with van der Waals surface area (Å²) in [7, 11) is 0. The first-order valence-electron chi connectivity index (χ1n) is 13.2. The summed E-state index contributed by atoms with van der Waals surface area (Å²) in [6.45, 7) is 1.97. The summed E-state index contributed by atoms with van der Waals surface area (Å²) in [6.07, 6.45) is -8.02. The van der Waals surface area contributed by atoms with Gasteiger partial charge in [-0.2, -0.15) is 31.4 Å². The van der Waals surface area contributed by atoms with Crippen molar-refractivity contribution in [3.8, 4) is 28.2 Å². The Kier molecular flexibility index (Phi) is 8.55. The Balaban J connectivity index is 1.41. The molecule has 0 saturated carbocycles. The van der Waals surface area contributed by atoms with Crippen LogP contribution >= 0.6 is 11.8 Å². The van der Waals surface area contributed by atoms with Gasteiger partial charge in [-0.15, -0.1) is 11.8 Å². The third kappa shape index (κ3) is 6.65. The Morgan fingerprint density at radius 1 is 0.841 bits per heavy atom. The molecular weight excluding hydrogens is 604 g/mol. The molecule has 2 aromatic heterocycles. The summed E-state index contributed by atoms with van der Waals surface area (Å²) in [4.78, 5) is 16.7. The summed E-state index contributed by atoms with van der Waals surface area (Å²) in [6, 6.07) is 22.7. The second kappa shape index (κ2) is 12.2. The number of carbonyl (C=O) groups is 1. The first-order valence-corrected chi connectivity index (χ1v) is 14.2. The normalized spacial score (nSPS) is 12.0. The van der Waals surface area contributed by atoms with E-state index in [1.807, 2.05) is 49.4 Å². The van der Waals surface area contributed by atoms with Gasteiger partial charge in [-0.05, 0) is 65.1 Å². The highest BCUT2D eigenvalue weighted by Crippen LogP contribution is 2.37. The van der Waals surface area contributed by atoms with E-state index in [-0.39, 0.29) is 5.82 Å². The predicted octanol–water partition coefficient (Wildman–Crippen LogP) is 9.19. The first-order chi connectivity index (χ1) is 20.8. The van der Waals surface area contributed by atoms with E-state index < -0.39 is 35.1 Å². The maximum atomic E-state index is 13.8. The van der Waals surface area contributed by atoms with Gasteiger partial charge >= 0.3 is 18.3 Å². The topological polar surface area (TPSA) is 68.0 Å². The lowest BCUT2D eigenvalue weighted by Gasteiger charge is -2.14. The van der Waals surface area contributed by atoms with Crippen molar-refractivity contribution in [3.63, 3.8) is 0 Å². The molecule has 0 bridgehead atoms. The van der Waals surface area contributed by atoms with Crippen molar-refractivity contribution in [2.24, 2.45) is 0 Å². The second-order valence-electron chi connectivity index (χ2n) is 9.75. The van der Waals surface area contributed by atoms with E-state index in [1.165, 1.54) is 36.0 Å². The van der Waals surface area contributed by atoms with Gasteiger partial charge in [0.1, 0.15) is 5.56 Å². The molecule has 1 N–H and O–H groups in total. The molecule has 5 rings (SSSR count). The van der Waals surface area contributed by atoms with Gasteiger partial charge in [0.2, 0.25) is 0 Å². The lowest BCUT2D eigenvalue weighted by Crippen LogP contribution is -2.18. The van der Waals surface area contributed by atoms with Crippen LogP contribution in [0.5, 0.6) is 0 Å². The summed E-state index contributed by atoms with van der Waals surface area (Å²) in [5, 5.41) is 12.9. The fourth-order valence-electron chi connectivity index (χ4n) is 4.57. The van der Waals surface area contributed by atoms with Crippen molar-refractivity contribution in [1.82, 2.24) is 14.8 Å². The van der Waals surface area contributed by atoms with E-state index in [9.17, 15) is 36.2 Å². The van der Waals surface area contributed by atoms with Crippen LogP contribution in [-0.2, 0) is 24.5 Å². The highest BCUT2D eigenvalue weighted by molar-refractivity contribution is 7.98. The number of aromatic carboxylic acids is 1. The van der Waals surface area contributed by atoms with Crippen molar-refractivity contribution in [2.75, 3.05) is 0 Å². The molecule has 0 unspecified atom stereocenters. The molecule has 226 valence electrons. The standard InChI is InChI=1S/C32H23F6N3O2S/c1-2-19-8-15-27(44-18-20-6-9-21(10-7-20)22-11-13-23(14-12-22)31(33,34)35)24(16-19)26-4-3-5-28(40-26)41-29(32(36,37)38)25(17-39-41)30(42)43/h3-17H,2,18H2,1H3,(H,42,43). The maximum Gasteiger partial charge on any atom is 0.434 e. The number of thioether (sulfide) groups is 1. The SMILES string of the molecule is CCc1ccc(SCc2ccc(-c3ccc(C(F)(F)F)cc3)cc2)c(-c2cccc(-n3ncc(C(=O)O)c3C(F)(F)F)n2)c1. The van der Waals surface area contributed by atoms with Gasteiger partial charge in [-0.25, -0.2) is 14.5 Å². The van der Waals surface area contributed by atoms with Crippen LogP contribution in [0.1, 0.15) is 39.7 Å². The van der Waals surface area contributed by atoms with Crippen LogP contribution in [0.2, 0.25) is 0 Å². The summed E-state index contributed by atoms with van der Waals surface area (Å²) < 4.78 is 80.6. The first kappa shape index (κ1) is 30.9. The number of aromatic nitrogens is 3. The van der Waals surface area contributed by atoms with Crippen LogP contribution in [0.25, 0.3) is 28.2 Å². The van der Waals surface area contributed by atoms with Crippen molar-refractivity contribution in [1.29, 1.82) is 0 Å². The summed E-state index contributed by atoms with van der Waals surface area (Å²) in [5.74, 6) is -1.40. The van der Waals surface area contributed by atoms with E-state index in [1.54, 1.807) is 6.07 Å². The molecule has 0 aliphatic rings. The van der Waals surface area contributed by atoms with Crippen molar-refractivity contribution in [2.45, 2.75) is 36.3 Å².